The van der Waals surface area contributed by atoms with Crippen LogP contribution < -0.4 is 0 Å². The van der Waals surface area contributed by atoms with E-state index in [0.29, 0.717) is 13.0 Å². The van der Waals surface area contributed by atoms with Crippen molar-refractivity contribution >= 4 is 5.97 Å². The Bertz CT molecular complexity index is 414. The second-order valence-corrected chi connectivity index (χ2v) is 4.01. The topological polar surface area (TPSA) is 78.6 Å². The van der Waals surface area contributed by atoms with Crippen LogP contribution >= 0.6 is 0 Å². The molecule has 2 heterocycles. The van der Waals surface area contributed by atoms with Crippen molar-refractivity contribution in [3.8, 4) is 0 Å². The number of hydrogen-bond donors (Lipinski definition) is 2. The van der Waals surface area contributed by atoms with Crippen LogP contribution in [0.3, 0.4) is 0 Å². The lowest BCUT2D eigenvalue weighted by Gasteiger charge is -2.20. The highest BCUT2D eigenvalue weighted by Crippen LogP contribution is 2.21. The summed E-state index contributed by atoms with van der Waals surface area (Å²) in [6, 6.07) is 0. The molecule has 0 spiro atoms. The number of rotatable bonds is 3. The highest BCUT2D eigenvalue weighted by molar-refractivity contribution is 5.87. The molecular weight excluding hydrogens is 210 g/mol. The fourth-order valence-corrected chi connectivity index (χ4v) is 2.07. The molecule has 0 saturated carbocycles. The van der Waals surface area contributed by atoms with Gasteiger partial charge in [0.1, 0.15) is 5.69 Å². The third-order valence-corrected chi connectivity index (χ3v) is 2.81. The predicted molar refractivity (Wildman–Crippen MR) is 56.3 cm³/mol. The molecule has 2 rings (SSSR count). The molecule has 0 aromatic carbocycles. The van der Waals surface area contributed by atoms with E-state index in [4.69, 9.17) is 10.2 Å². The molecule has 0 aliphatic carbocycles. The molecule has 0 bridgehead atoms. The third kappa shape index (κ3) is 1.81. The fraction of sp³-hybridized carbons (Fsp3) is 0.600. The Labute approximate surface area is 93.1 Å². The van der Waals surface area contributed by atoms with E-state index in [1.807, 2.05) is 7.05 Å². The van der Waals surface area contributed by atoms with Gasteiger partial charge in [0, 0.05) is 18.7 Å². The van der Waals surface area contributed by atoms with Crippen LogP contribution in [-0.4, -0.2) is 51.1 Å². The summed E-state index contributed by atoms with van der Waals surface area (Å²) >= 11 is 0. The van der Waals surface area contributed by atoms with E-state index in [0.717, 1.165) is 17.8 Å². The lowest BCUT2D eigenvalue weighted by Crippen LogP contribution is -2.26. The first-order valence-electron chi connectivity index (χ1n) is 5.24. The quantitative estimate of drug-likeness (QED) is 0.729. The number of aliphatic hydroxyl groups is 1. The van der Waals surface area contributed by atoms with Crippen LogP contribution in [0.15, 0.2) is 0 Å². The molecule has 1 aliphatic heterocycles. The Morgan fingerprint density at radius 1 is 1.56 bits per heavy atom. The van der Waals surface area contributed by atoms with E-state index in [9.17, 15) is 4.79 Å². The zero-order valence-corrected chi connectivity index (χ0v) is 9.18. The number of aliphatic hydroxyl groups excluding tert-OH is 1. The molecule has 0 atom stereocenters. The number of fused-ring (bicyclic) bond motifs is 1. The average molecular weight is 225 g/mol. The number of carboxylic acids is 1. The minimum absolute atomic E-state index is 0.101. The molecule has 1 aliphatic rings. The van der Waals surface area contributed by atoms with E-state index < -0.39 is 5.97 Å². The van der Waals surface area contributed by atoms with Crippen molar-refractivity contribution in [1.82, 2.24) is 14.7 Å². The van der Waals surface area contributed by atoms with Crippen LogP contribution in [0.25, 0.3) is 0 Å². The summed E-state index contributed by atoms with van der Waals surface area (Å²) in [5.41, 5.74) is 1.87. The first-order chi connectivity index (χ1) is 7.63. The maximum absolute atomic E-state index is 11.2. The lowest BCUT2D eigenvalue weighted by molar-refractivity contribution is 0.0680. The molecule has 0 fully saturated rings. The van der Waals surface area contributed by atoms with Gasteiger partial charge < -0.3 is 15.1 Å². The molecule has 16 heavy (non-hydrogen) atoms. The molecular formula is C10H15N3O3. The highest BCUT2D eigenvalue weighted by Gasteiger charge is 2.26. The standard InChI is InChI=1S/C10H15N3O3/c1-12-3-2-7-8(6-12)11-13(4-5-14)9(7)10(15)16/h14H,2-6H2,1H3,(H,15,16). The summed E-state index contributed by atoms with van der Waals surface area (Å²) in [5, 5.41) is 22.3. The van der Waals surface area contributed by atoms with Gasteiger partial charge in [-0.25, -0.2) is 4.79 Å². The Hall–Kier alpha value is -1.40. The van der Waals surface area contributed by atoms with Gasteiger partial charge in [0.2, 0.25) is 0 Å². The Kier molecular flexibility index (Phi) is 2.93. The monoisotopic (exact) mass is 225 g/mol. The van der Waals surface area contributed by atoms with Crippen LogP contribution in [0.4, 0.5) is 0 Å². The number of hydrogen-bond acceptors (Lipinski definition) is 4. The number of carboxylic acid groups (broad SMARTS) is 1. The SMILES string of the molecule is CN1CCc2c(nn(CCO)c2C(=O)O)C1. The number of likely N-dealkylation sites (N-methyl/N-ethyl adjacent to an activating group) is 1. The first-order valence-corrected chi connectivity index (χ1v) is 5.24. The number of aromatic carboxylic acids is 1. The van der Waals surface area contributed by atoms with Gasteiger partial charge in [-0.2, -0.15) is 5.10 Å². The predicted octanol–water partition coefficient (Wildman–Crippen LogP) is -0.439. The summed E-state index contributed by atoms with van der Waals surface area (Å²) in [4.78, 5) is 13.3. The van der Waals surface area contributed by atoms with Crippen molar-refractivity contribution in [2.24, 2.45) is 0 Å². The molecule has 6 nitrogen and oxygen atoms in total. The van der Waals surface area contributed by atoms with E-state index in [1.165, 1.54) is 4.68 Å². The maximum Gasteiger partial charge on any atom is 0.354 e. The normalized spacial score (nSPS) is 16.1. The van der Waals surface area contributed by atoms with Gasteiger partial charge in [-0.05, 0) is 13.5 Å². The minimum atomic E-state index is -0.966. The maximum atomic E-state index is 11.2. The van der Waals surface area contributed by atoms with Crippen LogP contribution in [0.5, 0.6) is 0 Å². The molecule has 1 aromatic rings. The number of carbonyl (C=O) groups is 1. The van der Waals surface area contributed by atoms with Gasteiger partial charge in [-0.3, -0.25) is 4.68 Å². The Morgan fingerprint density at radius 2 is 2.31 bits per heavy atom. The van der Waals surface area contributed by atoms with Crippen molar-refractivity contribution in [2.75, 3.05) is 20.2 Å². The zero-order valence-electron chi connectivity index (χ0n) is 9.18. The van der Waals surface area contributed by atoms with E-state index in [1.54, 1.807) is 0 Å². The van der Waals surface area contributed by atoms with Crippen molar-refractivity contribution in [3.05, 3.63) is 17.0 Å². The molecule has 0 amide bonds. The van der Waals surface area contributed by atoms with Crippen molar-refractivity contribution in [3.63, 3.8) is 0 Å². The van der Waals surface area contributed by atoms with Crippen molar-refractivity contribution < 1.29 is 15.0 Å². The van der Waals surface area contributed by atoms with E-state index in [-0.39, 0.29) is 18.8 Å². The lowest BCUT2D eigenvalue weighted by atomic mass is 10.0. The summed E-state index contributed by atoms with van der Waals surface area (Å²) in [6.45, 7) is 1.65. The molecule has 0 radical (unpaired) electrons. The summed E-state index contributed by atoms with van der Waals surface area (Å²) in [5.74, 6) is -0.966. The van der Waals surface area contributed by atoms with Gasteiger partial charge in [0.25, 0.3) is 0 Å². The largest absolute Gasteiger partial charge is 0.477 e. The molecule has 1 aromatic heterocycles. The van der Waals surface area contributed by atoms with Crippen LogP contribution in [0, 0.1) is 0 Å². The fourth-order valence-electron chi connectivity index (χ4n) is 2.07. The van der Waals surface area contributed by atoms with Crippen molar-refractivity contribution in [2.45, 2.75) is 19.5 Å². The van der Waals surface area contributed by atoms with Crippen LogP contribution in [0.1, 0.15) is 21.7 Å². The average Bonchev–Trinajstić information content (AvgIpc) is 2.55. The smallest absolute Gasteiger partial charge is 0.354 e. The van der Waals surface area contributed by atoms with Crippen LogP contribution in [-0.2, 0) is 19.5 Å². The molecule has 0 unspecified atom stereocenters. The minimum Gasteiger partial charge on any atom is -0.477 e. The van der Waals surface area contributed by atoms with Crippen LogP contribution in [0.2, 0.25) is 0 Å². The number of aromatic nitrogens is 2. The Balaban J connectivity index is 2.44. The highest BCUT2D eigenvalue weighted by atomic mass is 16.4. The molecule has 88 valence electrons. The second-order valence-electron chi connectivity index (χ2n) is 4.01. The summed E-state index contributed by atoms with van der Waals surface area (Å²) in [6.07, 6.45) is 0.707. The third-order valence-electron chi connectivity index (χ3n) is 2.81. The first kappa shape index (κ1) is 11.1. The van der Waals surface area contributed by atoms with Gasteiger partial charge in [0.15, 0.2) is 0 Å². The van der Waals surface area contributed by atoms with Gasteiger partial charge in [-0.15, -0.1) is 0 Å². The van der Waals surface area contributed by atoms with E-state index in [2.05, 4.69) is 10.00 Å². The Morgan fingerprint density at radius 3 is 2.94 bits per heavy atom. The number of nitrogens with zero attached hydrogens (tertiary/aromatic N) is 3. The summed E-state index contributed by atoms with van der Waals surface area (Å²) in [7, 11) is 1.98. The zero-order chi connectivity index (χ0) is 11.7. The second kappa shape index (κ2) is 4.23. The summed E-state index contributed by atoms with van der Waals surface area (Å²) < 4.78 is 1.40. The van der Waals surface area contributed by atoms with Crippen molar-refractivity contribution in [1.29, 1.82) is 0 Å². The van der Waals surface area contributed by atoms with E-state index >= 15 is 0 Å². The molecule has 6 heteroatoms. The molecule has 2 N–H and O–H groups in total. The molecule has 0 saturated heterocycles. The van der Waals surface area contributed by atoms with Gasteiger partial charge in [-0.1, -0.05) is 0 Å². The van der Waals surface area contributed by atoms with Gasteiger partial charge in [0.05, 0.1) is 18.8 Å². The van der Waals surface area contributed by atoms with Gasteiger partial charge >= 0.3 is 5.97 Å².